The van der Waals surface area contributed by atoms with Gasteiger partial charge in [-0.15, -0.1) is 0 Å². The molecule has 5 rings (SSSR count). The third-order valence-corrected chi connectivity index (χ3v) is 6.16. The molecule has 2 heterocycles. The molecule has 1 atom stereocenters. The predicted molar refractivity (Wildman–Crippen MR) is 126 cm³/mol. The Morgan fingerprint density at radius 2 is 1.76 bits per heavy atom. The average Bonchev–Trinajstić information content (AvgIpc) is 2.79. The van der Waals surface area contributed by atoms with Gasteiger partial charge in [0.25, 0.3) is 5.70 Å². The Balaban J connectivity index is 1.95. The van der Waals surface area contributed by atoms with Crippen molar-refractivity contribution in [2.24, 2.45) is 0 Å². The van der Waals surface area contributed by atoms with Crippen molar-refractivity contribution in [2.75, 3.05) is 0 Å². The zero-order valence-corrected chi connectivity index (χ0v) is 19.0. The molecular weight excluding hydrogens is 514 g/mol. The van der Waals surface area contributed by atoms with E-state index in [9.17, 15) is 20.0 Å². The Morgan fingerprint density at radius 3 is 2.48 bits per heavy atom. The van der Waals surface area contributed by atoms with E-state index in [1.54, 1.807) is 54.6 Å². The van der Waals surface area contributed by atoms with Crippen LogP contribution in [0.3, 0.4) is 0 Å². The van der Waals surface area contributed by atoms with Crippen LogP contribution in [0, 0.1) is 10.1 Å². The van der Waals surface area contributed by atoms with Crippen LogP contribution in [0.15, 0.2) is 86.1 Å². The molecule has 1 unspecified atom stereocenters. The highest BCUT2D eigenvalue weighted by molar-refractivity contribution is 9.10. The van der Waals surface area contributed by atoms with Crippen LogP contribution in [-0.4, -0.2) is 10.0 Å². The number of benzene rings is 3. The van der Waals surface area contributed by atoms with Crippen molar-refractivity contribution >= 4 is 44.1 Å². The molecule has 1 N–H and O–H groups in total. The van der Waals surface area contributed by atoms with Crippen molar-refractivity contribution in [3.63, 3.8) is 0 Å². The summed E-state index contributed by atoms with van der Waals surface area (Å²) >= 11 is 9.65. The van der Waals surface area contributed by atoms with Crippen LogP contribution in [-0.2, 0) is 0 Å². The van der Waals surface area contributed by atoms with Gasteiger partial charge in [0.1, 0.15) is 22.6 Å². The lowest BCUT2D eigenvalue weighted by molar-refractivity contribution is -0.435. The van der Waals surface area contributed by atoms with E-state index in [1.807, 2.05) is 0 Å². The molecule has 0 fully saturated rings. The summed E-state index contributed by atoms with van der Waals surface area (Å²) in [4.78, 5) is 24.9. The maximum atomic E-state index is 13.1. The molecule has 33 heavy (non-hydrogen) atoms. The fourth-order valence-corrected chi connectivity index (χ4v) is 4.87. The number of hydrogen-bond acceptors (Lipinski definition) is 6. The van der Waals surface area contributed by atoms with Crippen molar-refractivity contribution in [2.45, 2.75) is 6.10 Å². The zero-order valence-electron chi connectivity index (χ0n) is 16.6. The summed E-state index contributed by atoms with van der Waals surface area (Å²) < 4.78 is 11.9. The van der Waals surface area contributed by atoms with Crippen molar-refractivity contribution < 1.29 is 19.2 Å². The smallest absolute Gasteiger partial charge is 0.348 e. The van der Waals surface area contributed by atoms with Gasteiger partial charge in [-0.1, -0.05) is 54.1 Å². The van der Waals surface area contributed by atoms with Crippen LogP contribution >= 0.6 is 27.5 Å². The number of nitro groups is 1. The van der Waals surface area contributed by atoms with Gasteiger partial charge in [0, 0.05) is 16.1 Å². The predicted octanol–water partition coefficient (Wildman–Crippen LogP) is 6.08. The molecule has 4 aromatic rings. The van der Waals surface area contributed by atoms with E-state index in [2.05, 4.69) is 15.9 Å². The fraction of sp³-hybridized carbons (Fsp3) is 0.0417. The van der Waals surface area contributed by atoms with Crippen molar-refractivity contribution in [1.29, 1.82) is 0 Å². The van der Waals surface area contributed by atoms with Gasteiger partial charge in [-0.05, 0) is 40.2 Å². The molecular formula is C24H13BrClNO6. The first kappa shape index (κ1) is 21.2. The normalized spacial score (nSPS) is 15.3. The van der Waals surface area contributed by atoms with Crippen molar-refractivity contribution in [3.05, 3.63) is 119 Å². The quantitative estimate of drug-likeness (QED) is 0.197. The highest BCUT2D eigenvalue weighted by Gasteiger charge is 2.42. The number of rotatable bonds is 3. The minimum atomic E-state index is -1.16. The van der Waals surface area contributed by atoms with E-state index in [4.69, 9.17) is 20.8 Å². The lowest BCUT2D eigenvalue weighted by Gasteiger charge is -2.27. The lowest BCUT2D eigenvalue weighted by Crippen LogP contribution is -2.25. The number of halogens is 2. The monoisotopic (exact) mass is 525 g/mol. The van der Waals surface area contributed by atoms with Crippen molar-refractivity contribution in [1.82, 2.24) is 0 Å². The molecule has 1 aliphatic heterocycles. The molecule has 1 aliphatic rings. The van der Waals surface area contributed by atoms with Crippen LogP contribution in [0.4, 0.5) is 0 Å². The number of para-hydroxylation sites is 1. The van der Waals surface area contributed by atoms with Gasteiger partial charge in [-0.2, -0.15) is 0 Å². The summed E-state index contributed by atoms with van der Waals surface area (Å²) in [5.74, 6) is -0.173. The summed E-state index contributed by atoms with van der Waals surface area (Å²) in [6, 6.07) is 18.0. The standard InChI is InChI=1S/C24H13BrClNO6/c25-16-11-13(26)10-15-18(19-21(28)14-8-4-5-9-17(14)32-24(19)29)20(27(30)31)22(33-23(15)16)12-6-2-1-3-7-12/h1-11,22,28H. The van der Waals surface area contributed by atoms with E-state index in [0.29, 0.717) is 10.0 Å². The number of hydrogen-bond donors (Lipinski definition) is 1. The van der Waals surface area contributed by atoms with Gasteiger partial charge < -0.3 is 14.3 Å². The molecule has 164 valence electrons. The summed E-state index contributed by atoms with van der Waals surface area (Å²) in [6.07, 6.45) is -1.16. The molecule has 0 radical (unpaired) electrons. The maximum Gasteiger partial charge on any atom is 0.348 e. The number of ether oxygens (including phenoxy) is 1. The summed E-state index contributed by atoms with van der Waals surface area (Å²) in [5.41, 5.74) is -0.941. The van der Waals surface area contributed by atoms with E-state index >= 15 is 0 Å². The molecule has 1 aromatic heterocycles. The average molecular weight is 527 g/mol. The summed E-state index contributed by atoms with van der Waals surface area (Å²) in [6.45, 7) is 0. The minimum absolute atomic E-state index is 0.115. The largest absolute Gasteiger partial charge is 0.506 e. The highest BCUT2D eigenvalue weighted by Crippen LogP contribution is 2.50. The molecule has 9 heteroatoms. The molecule has 0 amide bonds. The number of aromatic hydroxyl groups is 1. The zero-order chi connectivity index (χ0) is 23.3. The second-order valence-electron chi connectivity index (χ2n) is 7.30. The van der Waals surface area contributed by atoms with E-state index in [-0.39, 0.29) is 38.4 Å². The van der Waals surface area contributed by atoms with Crippen LogP contribution in [0.1, 0.15) is 22.8 Å². The molecule has 0 saturated heterocycles. The minimum Gasteiger partial charge on any atom is -0.506 e. The maximum absolute atomic E-state index is 13.1. The third kappa shape index (κ3) is 3.48. The van der Waals surface area contributed by atoms with Gasteiger partial charge in [-0.3, -0.25) is 10.1 Å². The van der Waals surface area contributed by atoms with Gasteiger partial charge in [0.15, 0.2) is 0 Å². The fourth-order valence-electron chi connectivity index (χ4n) is 3.97. The molecule has 0 bridgehead atoms. The first-order chi connectivity index (χ1) is 15.9. The Morgan fingerprint density at radius 1 is 1.06 bits per heavy atom. The second-order valence-corrected chi connectivity index (χ2v) is 8.59. The summed E-state index contributed by atoms with van der Waals surface area (Å²) in [7, 11) is 0. The molecule has 7 nitrogen and oxygen atoms in total. The van der Waals surface area contributed by atoms with E-state index in [1.165, 1.54) is 12.1 Å². The first-order valence-corrected chi connectivity index (χ1v) is 10.9. The van der Waals surface area contributed by atoms with E-state index in [0.717, 1.165) is 0 Å². The lowest BCUT2D eigenvalue weighted by atomic mass is 9.89. The Hall–Kier alpha value is -3.62. The summed E-state index contributed by atoms with van der Waals surface area (Å²) in [5, 5.41) is 24.0. The van der Waals surface area contributed by atoms with Gasteiger partial charge in [-0.25, -0.2) is 4.79 Å². The van der Waals surface area contributed by atoms with Gasteiger partial charge in [0.05, 0.1) is 20.4 Å². The van der Waals surface area contributed by atoms with Crippen LogP contribution in [0.2, 0.25) is 5.02 Å². The molecule has 0 spiro atoms. The van der Waals surface area contributed by atoms with Crippen LogP contribution in [0.25, 0.3) is 16.5 Å². The Labute approximate surface area is 199 Å². The van der Waals surface area contributed by atoms with Crippen LogP contribution in [0.5, 0.6) is 11.5 Å². The number of nitrogens with zero attached hydrogens (tertiary/aromatic N) is 1. The van der Waals surface area contributed by atoms with Gasteiger partial charge in [0.2, 0.25) is 6.10 Å². The SMILES string of the molecule is O=c1oc2ccccc2c(O)c1C1=C([N+](=O)[O-])C(c2ccccc2)Oc2c(Br)cc(Cl)cc21. The number of fused-ring (bicyclic) bond motifs is 2. The molecule has 0 saturated carbocycles. The third-order valence-electron chi connectivity index (χ3n) is 5.35. The highest BCUT2D eigenvalue weighted by atomic mass is 79.9. The molecule has 3 aromatic carbocycles. The second kappa shape index (κ2) is 8.06. The van der Waals surface area contributed by atoms with Gasteiger partial charge >= 0.3 is 5.63 Å². The van der Waals surface area contributed by atoms with Crippen molar-refractivity contribution in [3.8, 4) is 11.5 Å². The van der Waals surface area contributed by atoms with Crippen LogP contribution < -0.4 is 10.4 Å². The molecule has 0 aliphatic carbocycles. The topological polar surface area (TPSA) is 103 Å². The van der Waals surface area contributed by atoms with E-state index < -0.39 is 28.1 Å². The Kier molecular flexibility index (Phi) is 5.19. The Bertz CT molecular complexity index is 1530. The first-order valence-electron chi connectivity index (χ1n) is 9.71.